The summed E-state index contributed by atoms with van der Waals surface area (Å²) in [5.74, 6) is 0. The maximum absolute atomic E-state index is 8.48. The van der Waals surface area contributed by atoms with Crippen LogP contribution in [0, 0.1) is 0 Å². The predicted octanol–water partition coefficient (Wildman–Crippen LogP) is -7.99. The summed E-state index contributed by atoms with van der Waals surface area (Å²) in [6.45, 7) is 1.25. The van der Waals surface area contributed by atoms with Gasteiger partial charge in [-0.1, -0.05) is 0 Å². The van der Waals surface area contributed by atoms with Crippen molar-refractivity contribution in [2.45, 2.75) is 25.3 Å². The van der Waals surface area contributed by atoms with Crippen LogP contribution < -0.4 is 45.4 Å². The van der Waals surface area contributed by atoms with Crippen molar-refractivity contribution in [3.63, 3.8) is 0 Å². The van der Waals surface area contributed by atoms with E-state index in [0.717, 1.165) is 25.8 Å². The zero-order valence-electron chi connectivity index (χ0n) is 6.73. The molecule has 0 bridgehead atoms. The fourth-order valence-corrected chi connectivity index (χ4v) is 0.760. The Morgan fingerprint density at radius 1 is 1.18 bits per heavy atom. The Morgan fingerprint density at radius 2 is 1.73 bits per heavy atom. The molecule has 0 saturated carbocycles. The lowest BCUT2D eigenvalue weighted by atomic mass is 10.1. The molecule has 0 amide bonds. The maximum Gasteiger partial charge on any atom is 0.0867 e. The highest BCUT2D eigenvalue weighted by Gasteiger charge is 2.03. The van der Waals surface area contributed by atoms with E-state index in [1.54, 1.807) is 0 Å². The Labute approximate surface area is 89.1 Å². The lowest BCUT2D eigenvalue weighted by molar-refractivity contribution is -0.428. The molecule has 1 atom stereocenters. The number of hydrogen-bond donors (Lipinski definition) is 3. The Balaban J connectivity index is -0.000000320. The van der Waals surface area contributed by atoms with Gasteiger partial charge in [0, 0.05) is 25.9 Å². The smallest absolute Gasteiger partial charge is 0.0867 e. The van der Waals surface area contributed by atoms with Gasteiger partial charge in [-0.15, -0.1) is 0 Å². The van der Waals surface area contributed by atoms with Crippen LogP contribution in [0.4, 0.5) is 0 Å². The molecule has 0 aliphatic carbocycles. The normalized spacial score (nSPS) is 11.2. The molecule has 0 fully saturated rings. The second-order valence-electron chi connectivity index (χ2n) is 2.37. The molecule has 0 rings (SSSR count). The molecule has 11 heavy (non-hydrogen) atoms. The molecule has 1 unspecified atom stereocenters. The minimum Gasteiger partial charge on any atom is -1.00 e. The number of hydrogen-bond acceptors (Lipinski definition) is 1. The van der Waals surface area contributed by atoms with Gasteiger partial charge in [-0.25, -0.2) is 0 Å². The summed E-state index contributed by atoms with van der Waals surface area (Å²) in [5.41, 5.74) is 7.60. The number of aliphatic hydroxyl groups is 1. The third-order valence-corrected chi connectivity index (χ3v) is 1.40. The fraction of sp³-hybridized carbons (Fsp3) is 1.00. The molecule has 3 nitrogen and oxygen atoms in total. The van der Waals surface area contributed by atoms with Gasteiger partial charge >= 0.3 is 0 Å². The number of rotatable bonds is 5. The molecule has 0 radical (unpaired) electrons. The van der Waals surface area contributed by atoms with Crippen LogP contribution >= 0.6 is 0 Å². The van der Waals surface area contributed by atoms with Crippen LogP contribution in [0.1, 0.15) is 19.3 Å². The predicted molar refractivity (Wildman–Crippen MR) is 35.4 cm³/mol. The van der Waals surface area contributed by atoms with Crippen LogP contribution in [0.15, 0.2) is 0 Å². The fourth-order valence-electron chi connectivity index (χ4n) is 0.760. The van der Waals surface area contributed by atoms with E-state index < -0.39 is 0 Å². The average molecular weight is 294 g/mol. The Morgan fingerprint density at radius 3 is 2.09 bits per heavy atom. The molecular weight excluding hydrogens is 276 g/mol. The molecule has 0 aromatic carbocycles. The summed E-state index contributed by atoms with van der Waals surface area (Å²) in [6.07, 6.45) is 3.07. The van der Waals surface area contributed by atoms with Crippen LogP contribution in [-0.2, 0) is 0 Å². The summed E-state index contributed by atoms with van der Waals surface area (Å²) >= 11 is 0. The third kappa shape index (κ3) is 13.8. The van der Waals surface area contributed by atoms with Gasteiger partial charge in [0.15, 0.2) is 0 Å². The van der Waals surface area contributed by atoms with Crippen molar-refractivity contribution in [1.29, 1.82) is 0 Å². The van der Waals surface area contributed by atoms with E-state index >= 15 is 0 Å². The first-order valence-electron chi connectivity index (χ1n) is 3.54. The van der Waals surface area contributed by atoms with Crippen LogP contribution in [0.25, 0.3) is 0 Å². The van der Waals surface area contributed by atoms with Gasteiger partial charge in [-0.3, -0.25) is 0 Å². The molecule has 7 N–H and O–H groups in total. The van der Waals surface area contributed by atoms with Gasteiger partial charge in [0.25, 0.3) is 0 Å². The molecular formula is C6H18Br2N2O. The van der Waals surface area contributed by atoms with E-state index in [0.29, 0.717) is 6.04 Å². The minimum atomic E-state index is 0. The molecule has 5 heteroatoms. The van der Waals surface area contributed by atoms with Gasteiger partial charge in [-0.2, -0.15) is 0 Å². The third-order valence-electron chi connectivity index (χ3n) is 1.40. The Hall–Kier alpha value is 0.840. The first kappa shape index (κ1) is 17.8. The first-order chi connectivity index (χ1) is 4.31. The van der Waals surface area contributed by atoms with Gasteiger partial charge in [0.05, 0.1) is 12.6 Å². The van der Waals surface area contributed by atoms with Gasteiger partial charge in [0.2, 0.25) is 0 Å². The van der Waals surface area contributed by atoms with Crippen molar-refractivity contribution in [3.8, 4) is 0 Å². The topological polar surface area (TPSA) is 75.5 Å². The van der Waals surface area contributed by atoms with Crippen molar-refractivity contribution < 1.29 is 50.5 Å². The van der Waals surface area contributed by atoms with Gasteiger partial charge < -0.3 is 50.5 Å². The second-order valence-corrected chi connectivity index (χ2v) is 2.37. The van der Waals surface area contributed by atoms with E-state index in [9.17, 15) is 0 Å². The highest BCUT2D eigenvalue weighted by atomic mass is 79.9. The van der Waals surface area contributed by atoms with Gasteiger partial charge in [-0.05, 0) is 0 Å². The van der Waals surface area contributed by atoms with Crippen molar-refractivity contribution in [1.82, 2.24) is 0 Å². The molecule has 0 aromatic heterocycles. The lowest BCUT2D eigenvalue weighted by Gasteiger charge is -2.02. The summed E-state index contributed by atoms with van der Waals surface area (Å²) in [6, 6.07) is 0.428. The Bertz CT molecular complexity index is 66.5. The maximum atomic E-state index is 8.48. The SMILES string of the molecule is [Br-].[Br-].[NH3+]CCCC([NH3+])CCO. The van der Waals surface area contributed by atoms with E-state index in [1.165, 1.54) is 0 Å². The standard InChI is InChI=1S/C6H16N2O.2BrH/c7-4-1-2-6(8)3-5-9;;/h6,9H,1-5,7-8H2;2*1H. The van der Waals surface area contributed by atoms with Gasteiger partial charge in [0.1, 0.15) is 0 Å². The second kappa shape index (κ2) is 13.4. The van der Waals surface area contributed by atoms with Crippen LogP contribution in [0.2, 0.25) is 0 Å². The van der Waals surface area contributed by atoms with E-state index in [-0.39, 0.29) is 40.6 Å². The quantitative estimate of drug-likeness (QED) is 0.463. The molecule has 72 valence electrons. The van der Waals surface area contributed by atoms with E-state index in [1.807, 2.05) is 0 Å². The summed E-state index contributed by atoms with van der Waals surface area (Å²) in [4.78, 5) is 0. The minimum absolute atomic E-state index is 0. The molecule has 0 aliphatic heterocycles. The van der Waals surface area contributed by atoms with Crippen LogP contribution in [-0.4, -0.2) is 24.3 Å². The zero-order chi connectivity index (χ0) is 7.11. The molecule has 0 spiro atoms. The van der Waals surface area contributed by atoms with Crippen LogP contribution in [0.5, 0.6) is 0 Å². The summed E-state index contributed by atoms with van der Waals surface area (Å²) < 4.78 is 0. The number of halogens is 2. The monoisotopic (exact) mass is 292 g/mol. The van der Waals surface area contributed by atoms with Crippen molar-refractivity contribution >= 4 is 0 Å². The highest BCUT2D eigenvalue weighted by Crippen LogP contribution is 1.93. The zero-order valence-corrected chi connectivity index (χ0v) is 9.90. The number of aliphatic hydroxyl groups excluding tert-OH is 1. The molecule has 0 aromatic rings. The van der Waals surface area contributed by atoms with Crippen molar-refractivity contribution in [3.05, 3.63) is 0 Å². The molecule has 0 saturated heterocycles. The average Bonchev–Trinajstić information content (AvgIpc) is 1.85. The highest BCUT2D eigenvalue weighted by molar-refractivity contribution is 4.51. The van der Waals surface area contributed by atoms with Crippen LogP contribution in [0.3, 0.4) is 0 Å². The van der Waals surface area contributed by atoms with E-state index in [2.05, 4.69) is 11.5 Å². The van der Waals surface area contributed by atoms with Crippen molar-refractivity contribution in [2.24, 2.45) is 0 Å². The lowest BCUT2D eigenvalue weighted by Crippen LogP contribution is -3.00. The largest absolute Gasteiger partial charge is 1.00 e. The Kier molecular flexibility index (Phi) is 21.7. The van der Waals surface area contributed by atoms with E-state index in [4.69, 9.17) is 5.11 Å². The summed E-state index contributed by atoms with van der Waals surface area (Å²) in [7, 11) is 0. The molecule has 0 aliphatic rings. The van der Waals surface area contributed by atoms with Crippen molar-refractivity contribution in [2.75, 3.05) is 13.2 Å². The number of quaternary nitrogens is 2. The molecule has 0 heterocycles. The first-order valence-corrected chi connectivity index (χ1v) is 3.54. The summed E-state index contributed by atoms with van der Waals surface area (Å²) in [5, 5.41) is 8.48.